The Morgan fingerprint density at radius 1 is 1.10 bits per heavy atom. The van der Waals surface area contributed by atoms with Crippen molar-refractivity contribution in [1.82, 2.24) is 19.7 Å². The van der Waals surface area contributed by atoms with E-state index < -0.39 is 6.10 Å². The molecule has 1 saturated heterocycles. The average molecular weight is 570 g/mol. The van der Waals surface area contributed by atoms with Crippen LogP contribution in [0.25, 0.3) is 16.6 Å². The van der Waals surface area contributed by atoms with E-state index in [1.165, 1.54) is 5.56 Å². The lowest BCUT2D eigenvalue weighted by Gasteiger charge is -2.34. The molecule has 1 atom stereocenters. The highest BCUT2D eigenvalue weighted by Gasteiger charge is 2.27. The minimum absolute atomic E-state index is 0.202. The van der Waals surface area contributed by atoms with Crippen molar-refractivity contribution in [3.63, 3.8) is 0 Å². The molecule has 9 heteroatoms. The van der Waals surface area contributed by atoms with Crippen LogP contribution in [-0.4, -0.2) is 97.6 Å². The Hall–Kier alpha value is -4.05. The Morgan fingerprint density at radius 3 is 2.50 bits per heavy atom. The smallest absolute Gasteiger partial charge is 0.293 e. The molecule has 0 aliphatic carbocycles. The number of anilines is 2. The summed E-state index contributed by atoms with van der Waals surface area (Å²) < 4.78 is 4.83. The topological polar surface area (TPSA) is 89.5 Å². The first-order chi connectivity index (χ1) is 20.3. The van der Waals surface area contributed by atoms with Gasteiger partial charge in [-0.05, 0) is 67.1 Å². The fourth-order valence-electron chi connectivity index (χ4n) is 5.82. The highest BCUT2D eigenvalue weighted by molar-refractivity contribution is 5.92. The maximum atomic E-state index is 11.8. The molecular formula is C33H39N5O4. The fraction of sp³-hybridized carbons (Fsp3) is 0.364. The van der Waals surface area contributed by atoms with Gasteiger partial charge in [0.05, 0.1) is 23.0 Å². The van der Waals surface area contributed by atoms with Crippen LogP contribution in [-0.2, 0) is 27.4 Å². The second-order valence-corrected chi connectivity index (χ2v) is 11.2. The Kier molecular flexibility index (Phi) is 9.01. The van der Waals surface area contributed by atoms with Gasteiger partial charge in [0.15, 0.2) is 0 Å². The van der Waals surface area contributed by atoms with Crippen LogP contribution in [0.2, 0.25) is 0 Å². The van der Waals surface area contributed by atoms with E-state index in [-0.39, 0.29) is 12.2 Å². The molecule has 1 fully saturated rings. The van der Waals surface area contributed by atoms with Crippen molar-refractivity contribution in [1.29, 1.82) is 0 Å². The molecule has 42 heavy (non-hydrogen) atoms. The molecule has 2 aromatic carbocycles. The van der Waals surface area contributed by atoms with E-state index in [1.54, 1.807) is 13.0 Å². The summed E-state index contributed by atoms with van der Waals surface area (Å²) >= 11 is 0. The van der Waals surface area contributed by atoms with E-state index in [1.807, 2.05) is 13.1 Å². The van der Waals surface area contributed by atoms with Gasteiger partial charge in [0.2, 0.25) is 0 Å². The van der Waals surface area contributed by atoms with Crippen molar-refractivity contribution in [2.24, 2.45) is 0 Å². The molecule has 3 aromatic rings. The Morgan fingerprint density at radius 2 is 1.83 bits per heavy atom. The van der Waals surface area contributed by atoms with Crippen LogP contribution in [0, 0.1) is 0 Å². The number of benzene rings is 2. The van der Waals surface area contributed by atoms with Gasteiger partial charge in [-0.15, -0.1) is 0 Å². The SMILES string of the molecule is CC(O)C(/C=C1/c2nc3ccc(N(C)c4ccccc4)c(CN4CCN(C)CC4)c3cc2CN1C)=C(/C=O)COC=O. The van der Waals surface area contributed by atoms with Gasteiger partial charge in [0.1, 0.15) is 12.9 Å². The number of para-hydroxylation sites is 1. The first-order valence-corrected chi connectivity index (χ1v) is 14.3. The molecule has 0 saturated carbocycles. The monoisotopic (exact) mass is 569 g/mol. The first kappa shape index (κ1) is 29.4. The molecule has 2 aliphatic rings. The summed E-state index contributed by atoms with van der Waals surface area (Å²) in [5.74, 6) is 0. The number of hydrogen-bond acceptors (Lipinski definition) is 9. The van der Waals surface area contributed by atoms with E-state index in [0.717, 1.165) is 72.0 Å². The lowest BCUT2D eigenvalue weighted by molar-refractivity contribution is -0.128. The number of fused-ring (bicyclic) bond motifs is 2. The number of aldehydes is 1. The van der Waals surface area contributed by atoms with Crippen LogP contribution in [0.4, 0.5) is 11.4 Å². The second kappa shape index (κ2) is 12.9. The van der Waals surface area contributed by atoms with Gasteiger partial charge in [-0.2, -0.15) is 0 Å². The summed E-state index contributed by atoms with van der Waals surface area (Å²) in [4.78, 5) is 36.9. The minimum atomic E-state index is -0.933. The van der Waals surface area contributed by atoms with Gasteiger partial charge in [-0.25, -0.2) is 4.98 Å². The molecule has 0 radical (unpaired) electrons. The number of nitrogens with zero attached hydrogens (tertiary/aromatic N) is 5. The molecule has 0 amide bonds. The van der Waals surface area contributed by atoms with Crippen LogP contribution < -0.4 is 4.90 Å². The Bertz CT molecular complexity index is 1510. The number of pyridine rings is 1. The number of carbonyl (C=O) groups is 2. The largest absolute Gasteiger partial charge is 0.463 e. The zero-order valence-corrected chi connectivity index (χ0v) is 24.8. The first-order valence-electron chi connectivity index (χ1n) is 14.3. The standard InChI is InChI=1S/C33H39N5O4/c1-23(41)27(25(20-39)21-42-22-40)17-32-33-24(18-36(32)3)16-28-29(19-38-14-12-35(2)13-15-38)31(11-10-30(28)34-33)37(4)26-8-6-5-7-9-26/h5-11,16-17,20,22-23,41H,12-15,18-19,21H2,1-4H3/b27-25-,32-17-. The number of aliphatic hydroxyl groups excluding tert-OH is 1. The number of ether oxygens (including phenoxy) is 1. The number of hydrogen-bond donors (Lipinski definition) is 1. The normalized spacial score (nSPS) is 18.1. The molecule has 0 bridgehead atoms. The van der Waals surface area contributed by atoms with E-state index in [4.69, 9.17) is 9.72 Å². The molecule has 3 heterocycles. The lowest BCUT2D eigenvalue weighted by atomic mass is 9.99. The molecule has 2 aliphatic heterocycles. The van der Waals surface area contributed by atoms with Gasteiger partial charge in [-0.3, -0.25) is 14.5 Å². The van der Waals surface area contributed by atoms with Crippen LogP contribution in [0.3, 0.4) is 0 Å². The predicted molar refractivity (Wildman–Crippen MR) is 165 cm³/mol. The van der Waals surface area contributed by atoms with Crippen molar-refractivity contribution >= 4 is 40.7 Å². The number of piperazine rings is 1. The average Bonchev–Trinajstić information content (AvgIpc) is 3.30. The Labute approximate surface area is 247 Å². The Balaban J connectivity index is 1.62. The van der Waals surface area contributed by atoms with Gasteiger partial charge in [0.25, 0.3) is 6.47 Å². The highest BCUT2D eigenvalue weighted by atomic mass is 16.5. The summed E-state index contributed by atoms with van der Waals surface area (Å²) in [5.41, 5.74) is 7.74. The zero-order chi connectivity index (χ0) is 29.8. The zero-order valence-electron chi connectivity index (χ0n) is 24.8. The summed E-state index contributed by atoms with van der Waals surface area (Å²) in [5, 5.41) is 11.6. The van der Waals surface area contributed by atoms with Crippen molar-refractivity contribution in [3.05, 3.63) is 82.6 Å². The number of rotatable bonds is 10. The maximum Gasteiger partial charge on any atom is 0.293 e. The van der Waals surface area contributed by atoms with Crippen LogP contribution in [0.5, 0.6) is 0 Å². The van der Waals surface area contributed by atoms with E-state index in [9.17, 15) is 14.7 Å². The maximum absolute atomic E-state index is 11.8. The minimum Gasteiger partial charge on any atom is -0.463 e. The summed E-state index contributed by atoms with van der Waals surface area (Å²) in [7, 11) is 6.26. The molecule has 1 aromatic heterocycles. The lowest BCUT2D eigenvalue weighted by Crippen LogP contribution is -2.44. The van der Waals surface area contributed by atoms with Crippen LogP contribution in [0.1, 0.15) is 23.7 Å². The number of carbonyl (C=O) groups excluding carboxylic acids is 2. The van der Waals surface area contributed by atoms with Crippen LogP contribution in [0.15, 0.2) is 65.8 Å². The molecule has 0 spiro atoms. The predicted octanol–water partition coefficient (Wildman–Crippen LogP) is 3.59. The van der Waals surface area contributed by atoms with Crippen molar-refractivity contribution < 1.29 is 19.4 Å². The van der Waals surface area contributed by atoms with Crippen molar-refractivity contribution in [2.75, 3.05) is 58.8 Å². The molecule has 220 valence electrons. The molecule has 1 unspecified atom stereocenters. The van der Waals surface area contributed by atoms with E-state index in [2.05, 4.69) is 76.2 Å². The summed E-state index contributed by atoms with van der Waals surface area (Å²) in [6.07, 6.45) is 1.48. The summed E-state index contributed by atoms with van der Waals surface area (Å²) in [6, 6.07) is 16.9. The van der Waals surface area contributed by atoms with E-state index in [0.29, 0.717) is 24.9 Å². The van der Waals surface area contributed by atoms with Gasteiger partial charge in [-0.1, -0.05) is 18.2 Å². The van der Waals surface area contributed by atoms with Gasteiger partial charge in [0, 0.05) is 75.7 Å². The second-order valence-electron chi connectivity index (χ2n) is 11.2. The molecule has 9 nitrogen and oxygen atoms in total. The number of aliphatic hydroxyl groups is 1. The van der Waals surface area contributed by atoms with Crippen LogP contribution >= 0.6 is 0 Å². The third-order valence-electron chi connectivity index (χ3n) is 8.27. The highest BCUT2D eigenvalue weighted by Crippen LogP contribution is 2.38. The third-order valence-corrected chi connectivity index (χ3v) is 8.27. The fourth-order valence-corrected chi connectivity index (χ4v) is 5.82. The van der Waals surface area contributed by atoms with Crippen molar-refractivity contribution in [3.8, 4) is 0 Å². The molecule has 1 N–H and O–H groups in total. The molecular weight excluding hydrogens is 530 g/mol. The third kappa shape index (κ3) is 6.09. The van der Waals surface area contributed by atoms with Gasteiger partial charge < -0.3 is 24.5 Å². The number of likely N-dealkylation sites (N-methyl/N-ethyl adjacent to an activating group) is 1. The van der Waals surface area contributed by atoms with E-state index >= 15 is 0 Å². The van der Waals surface area contributed by atoms with Gasteiger partial charge >= 0.3 is 0 Å². The summed E-state index contributed by atoms with van der Waals surface area (Å²) in [6.45, 7) is 7.26. The molecule has 5 rings (SSSR count). The quantitative estimate of drug-likeness (QED) is 0.291. The van der Waals surface area contributed by atoms with Crippen molar-refractivity contribution in [2.45, 2.75) is 26.1 Å². The number of aromatic nitrogens is 1.